The number of halogens is 1. The van der Waals surface area contributed by atoms with Crippen molar-refractivity contribution in [2.24, 2.45) is 0 Å². The van der Waals surface area contributed by atoms with Crippen molar-refractivity contribution in [3.8, 4) is 0 Å². The molecular formula is C16H20BrN3. The Kier molecular flexibility index (Phi) is 5.15. The molecule has 20 heavy (non-hydrogen) atoms. The minimum absolute atomic E-state index is 0.188. The van der Waals surface area contributed by atoms with E-state index < -0.39 is 0 Å². The average Bonchev–Trinajstić information content (AvgIpc) is 2.43. The Hall–Kier alpha value is -1.39. The summed E-state index contributed by atoms with van der Waals surface area (Å²) in [5.74, 6) is 0.610. The van der Waals surface area contributed by atoms with E-state index in [0.717, 1.165) is 28.6 Å². The molecule has 3 N–H and O–H groups in total. The fourth-order valence-electron chi connectivity index (χ4n) is 2.28. The van der Waals surface area contributed by atoms with Gasteiger partial charge in [0.2, 0.25) is 0 Å². The SMILES string of the molecule is CCNC(Cc1ccc(Br)cc1)c1cc(C)cnc1N. The Morgan fingerprint density at radius 3 is 2.65 bits per heavy atom. The number of hydrogen-bond donors (Lipinski definition) is 2. The number of nitrogens with one attached hydrogen (secondary N) is 1. The van der Waals surface area contributed by atoms with Crippen molar-refractivity contribution < 1.29 is 0 Å². The van der Waals surface area contributed by atoms with Gasteiger partial charge in [-0.1, -0.05) is 35.0 Å². The first-order valence-corrected chi connectivity index (χ1v) is 7.59. The molecule has 1 aromatic carbocycles. The van der Waals surface area contributed by atoms with Gasteiger partial charge in [0, 0.05) is 22.3 Å². The highest BCUT2D eigenvalue weighted by Gasteiger charge is 2.15. The van der Waals surface area contributed by atoms with Gasteiger partial charge in [0.25, 0.3) is 0 Å². The molecule has 0 saturated heterocycles. The summed E-state index contributed by atoms with van der Waals surface area (Å²) in [5, 5.41) is 3.50. The van der Waals surface area contributed by atoms with Gasteiger partial charge in [-0.05, 0) is 49.2 Å². The first kappa shape index (κ1) is 15.0. The quantitative estimate of drug-likeness (QED) is 0.878. The van der Waals surface area contributed by atoms with Crippen LogP contribution in [0.3, 0.4) is 0 Å². The highest BCUT2D eigenvalue weighted by atomic mass is 79.9. The molecule has 2 aromatic rings. The molecule has 1 atom stereocenters. The van der Waals surface area contributed by atoms with Crippen molar-refractivity contribution in [3.05, 3.63) is 57.7 Å². The zero-order valence-corrected chi connectivity index (χ0v) is 13.4. The molecule has 0 aliphatic carbocycles. The monoisotopic (exact) mass is 333 g/mol. The van der Waals surface area contributed by atoms with Crippen LogP contribution in [0.5, 0.6) is 0 Å². The number of anilines is 1. The van der Waals surface area contributed by atoms with Gasteiger partial charge >= 0.3 is 0 Å². The molecule has 0 radical (unpaired) electrons. The van der Waals surface area contributed by atoms with Crippen LogP contribution in [0.15, 0.2) is 41.0 Å². The lowest BCUT2D eigenvalue weighted by Crippen LogP contribution is -2.24. The standard InChI is InChI=1S/C16H20BrN3/c1-3-19-15(9-12-4-6-13(17)7-5-12)14-8-11(2)10-20-16(14)18/h4-8,10,15,19H,3,9H2,1-2H3,(H2,18,20). The van der Waals surface area contributed by atoms with Crippen molar-refractivity contribution >= 4 is 21.7 Å². The van der Waals surface area contributed by atoms with Gasteiger partial charge in [-0.3, -0.25) is 0 Å². The van der Waals surface area contributed by atoms with Crippen LogP contribution in [0.25, 0.3) is 0 Å². The molecule has 0 aliphatic heterocycles. The number of hydrogen-bond acceptors (Lipinski definition) is 3. The third-order valence-electron chi connectivity index (χ3n) is 3.27. The highest BCUT2D eigenvalue weighted by molar-refractivity contribution is 9.10. The molecule has 3 nitrogen and oxygen atoms in total. The summed E-state index contributed by atoms with van der Waals surface area (Å²) in [6, 6.07) is 10.7. The maximum absolute atomic E-state index is 6.04. The topological polar surface area (TPSA) is 50.9 Å². The van der Waals surface area contributed by atoms with Crippen molar-refractivity contribution in [2.75, 3.05) is 12.3 Å². The Morgan fingerprint density at radius 1 is 1.30 bits per heavy atom. The van der Waals surface area contributed by atoms with E-state index in [9.17, 15) is 0 Å². The van der Waals surface area contributed by atoms with E-state index in [4.69, 9.17) is 5.73 Å². The van der Waals surface area contributed by atoms with Crippen molar-refractivity contribution in [3.63, 3.8) is 0 Å². The zero-order valence-electron chi connectivity index (χ0n) is 11.9. The summed E-state index contributed by atoms with van der Waals surface area (Å²) in [4.78, 5) is 4.27. The number of benzene rings is 1. The number of likely N-dealkylation sites (N-methyl/N-ethyl adjacent to an activating group) is 1. The molecule has 2 rings (SSSR count). The summed E-state index contributed by atoms with van der Waals surface area (Å²) >= 11 is 3.46. The van der Waals surface area contributed by atoms with Gasteiger partial charge in [-0.15, -0.1) is 0 Å². The van der Waals surface area contributed by atoms with E-state index in [1.54, 1.807) is 0 Å². The number of pyridine rings is 1. The Morgan fingerprint density at radius 2 is 2.00 bits per heavy atom. The summed E-state index contributed by atoms with van der Waals surface area (Å²) in [5.41, 5.74) is 9.53. The number of rotatable bonds is 5. The predicted octanol–water partition coefficient (Wildman–Crippen LogP) is 3.63. The van der Waals surface area contributed by atoms with Crippen LogP contribution >= 0.6 is 15.9 Å². The Labute approximate surface area is 128 Å². The third kappa shape index (κ3) is 3.81. The lowest BCUT2D eigenvalue weighted by atomic mass is 9.98. The molecule has 1 heterocycles. The maximum atomic E-state index is 6.04. The van der Waals surface area contributed by atoms with E-state index >= 15 is 0 Å². The highest BCUT2D eigenvalue weighted by Crippen LogP contribution is 2.24. The van der Waals surface area contributed by atoms with Crippen LogP contribution in [0.1, 0.15) is 29.7 Å². The van der Waals surface area contributed by atoms with Gasteiger partial charge in [-0.2, -0.15) is 0 Å². The maximum Gasteiger partial charge on any atom is 0.128 e. The molecule has 1 aromatic heterocycles. The normalized spacial score (nSPS) is 12.3. The van der Waals surface area contributed by atoms with Crippen LogP contribution in [0.2, 0.25) is 0 Å². The summed E-state index contributed by atoms with van der Waals surface area (Å²) in [7, 11) is 0. The Balaban J connectivity index is 2.26. The fraction of sp³-hybridized carbons (Fsp3) is 0.312. The van der Waals surface area contributed by atoms with E-state index in [1.807, 2.05) is 13.1 Å². The summed E-state index contributed by atoms with van der Waals surface area (Å²) in [6.07, 6.45) is 2.71. The third-order valence-corrected chi connectivity index (χ3v) is 3.79. The molecule has 0 aliphatic rings. The number of aromatic nitrogens is 1. The van der Waals surface area contributed by atoms with Gasteiger partial charge in [0.1, 0.15) is 5.82 Å². The molecular weight excluding hydrogens is 314 g/mol. The predicted molar refractivity (Wildman–Crippen MR) is 87.7 cm³/mol. The molecule has 0 spiro atoms. The molecule has 0 saturated carbocycles. The van der Waals surface area contributed by atoms with Crippen LogP contribution in [0.4, 0.5) is 5.82 Å². The van der Waals surface area contributed by atoms with Crippen LogP contribution in [-0.2, 0) is 6.42 Å². The molecule has 1 unspecified atom stereocenters. The van der Waals surface area contributed by atoms with Gasteiger partial charge in [-0.25, -0.2) is 4.98 Å². The largest absolute Gasteiger partial charge is 0.383 e. The Bertz CT molecular complexity index is 566. The molecule has 106 valence electrons. The van der Waals surface area contributed by atoms with Gasteiger partial charge in [0.05, 0.1) is 0 Å². The number of nitrogens with zero attached hydrogens (tertiary/aromatic N) is 1. The van der Waals surface area contributed by atoms with Crippen LogP contribution in [-0.4, -0.2) is 11.5 Å². The van der Waals surface area contributed by atoms with Gasteiger partial charge < -0.3 is 11.1 Å². The minimum Gasteiger partial charge on any atom is -0.383 e. The first-order chi connectivity index (χ1) is 9.60. The van der Waals surface area contributed by atoms with Gasteiger partial charge in [0.15, 0.2) is 0 Å². The summed E-state index contributed by atoms with van der Waals surface area (Å²) < 4.78 is 1.10. The van der Waals surface area contributed by atoms with E-state index in [-0.39, 0.29) is 6.04 Å². The lowest BCUT2D eigenvalue weighted by molar-refractivity contribution is 0.549. The van der Waals surface area contributed by atoms with E-state index in [0.29, 0.717) is 5.82 Å². The second kappa shape index (κ2) is 6.86. The van der Waals surface area contributed by atoms with Crippen molar-refractivity contribution in [1.29, 1.82) is 0 Å². The van der Waals surface area contributed by atoms with E-state index in [2.05, 4.69) is 63.5 Å². The van der Waals surface area contributed by atoms with Crippen LogP contribution < -0.4 is 11.1 Å². The zero-order chi connectivity index (χ0) is 14.5. The summed E-state index contributed by atoms with van der Waals surface area (Å²) in [6.45, 7) is 5.04. The second-order valence-corrected chi connectivity index (χ2v) is 5.84. The fourth-order valence-corrected chi connectivity index (χ4v) is 2.54. The molecule has 4 heteroatoms. The number of nitrogen functional groups attached to an aromatic ring is 1. The smallest absolute Gasteiger partial charge is 0.128 e. The second-order valence-electron chi connectivity index (χ2n) is 4.93. The van der Waals surface area contributed by atoms with E-state index in [1.165, 1.54) is 5.56 Å². The van der Waals surface area contributed by atoms with Crippen molar-refractivity contribution in [1.82, 2.24) is 10.3 Å². The first-order valence-electron chi connectivity index (χ1n) is 6.80. The lowest BCUT2D eigenvalue weighted by Gasteiger charge is -2.20. The number of nitrogens with two attached hydrogens (primary N) is 1. The average molecular weight is 334 g/mol. The number of aryl methyl sites for hydroxylation is 1. The molecule has 0 amide bonds. The van der Waals surface area contributed by atoms with Crippen molar-refractivity contribution in [2.45, 2.75) is 26.3 Å². The molecule has 0 fully saturated rings. The minimum atomic E-state index is 0.188. The molecule has 0 bridgehead atoms. The van der Waals surface area contributed by atoms with Crippen LogP contribution in [0, 0.1) is 6.92 Å².